The highest BCUT2D eigenvalue weighted by molar-refractivity contribution is 8.03. The Balaban J connectivity index is 1.32. The number of carbonyl (C=O) groups is 2. The average molecular weight is 500 g/mol. The summed E-state index contributed by atoms with van der Waals surface area (Å²) in [6.45, 7) is 3.73. The van der Waals surface area contributed by atoms with E-state index < -0.39 is 0 Å². The smallest absolute Gasteiger partial charge is 0.230 e. The van der Waals surface area contributed by atoms with Crippen molar-refractivity contribution in [3.8, 4) is 0 Å². The maximum atomic E-state index is 12.3. The average Bonchev–Trinajstić information content (AvgIpc) is 2.78. The summed E-state index contributed by atoms with van der Waals surface area (Å²) in [5, 5.41) is 4.25. The number of hydrogen-bond acceptors (Lipinski definition) is 5. The number of ether oxygens (including phenoxy) is 1. The molecule has 6 nitrogen and oxygen atoms in total. The van der Waals surface area contributed by atoms with Crippen molar-refractivity contribution in [1.82, 2.24) is 10.2 Å². The molecule has 3 rings (SSSR count). The van der Waals surface area contributed by atoms with Crippen LogP contribution in [0, 0.1) is 11.8 Å². The van der Waals surface area contributed by atoms with E-state index in [0.717, 1.165) is 43.8 Å². The zero-order chi connectivity index (χ0) is 22.9. The Morgan fingerprint density at radius 3 is 2.75 bits per heavy atom. The fourth-order valence-electron chi connectivity index (χ4n) is 3.96. The molecular formula is C23H31Cl2N3O3S. The number of carbonyl (C=O) groups excluding carboxylic acids is 2. The summed E-state index contributed by atoms with van der Waals surface area (Å²) in [4.78, 5) is 26.6. The second kappa shape index (κ2) is 12.8. The molecule has 3 N–H and O–H groups in total. The van der Waals surface area contributed by atoms with Crippen molar-refractivity contribution in [2.75, 3.05) is 38.5 Å². The van der Waals surface area contributed by atoms with E-state index in [1.54, 1.807) is 0 Å². The van der Waals surface area contributed by atoms with Crippen molar-refractivity contribution in [3.05, 3.63) is 45.3 Å². The molecule has 32 heavy (non-hydrogen) atoms. The van der Waals surface area contributed by atoms with Gasteiger partial charge in [0.05, 0.1) is 28.5 Å². The third-order valence-electron chi connectivity index (χ3n) is 5.74. The molecule has 0 saturated carbocycles. The van der Waals surface area contributed by atoms with E-state index in [1.807, 2.05) is 18.2 Å². The monoisotopic (exact) mass is 499 g/mol. The molecule has 9 heteroatoms. The SMILES string of the molecule is NC(=O)CCC1C=CC(SCC(=O)NC[C@H]2CN(CC3C=C(Cl)C(Cl)=CC3)CCO2)=CC1. The molecule has 0 radical (unpaired) electrons. The molecule has 2 unspecified atom stereocenters. The molecule has 1 fully saturated rings. The fourth-order valence-corrected chi connectivity index (χ4v) is 5.15. The first-order valence-corrected chi connectivity index (χ1v) is 12.8. The number of amides is 2. The van der Waals surface area contributed by atoms with Gasteiger partial charge in [0, 0.05) is 37.5 Å². The molecule has 0 spiro atoms. The van der Waals surface area contributed by atoms with E-state index in [1.165, 1.54) is 11.8 Å². The van der Waals surface area contributed by atoms with Crippen molar-refractivity contribution >= 4 is 46.8 Å². The number of rotatable bonds is 10. The van der Waals surface area contributed by atoms with Crippen molar-refractivity contribution in [2.45, 2.75) is 31.8 Å². The number of primary amides is 1. The predicted molar refractivity (Wildman–Crippen MR) is 131 cm³/mol. The van der Waals surface area contributed by atoms with Crippen LogP contribution in [0.4, 0.5) is 0 Å². The minimum Gasteiger partial charge on any atom is -0.374 e. The molecule has 2 aliphatic carbocycles. The highest BCUT2D eigenvalue weighted by Crippen LogP contribution is 2.29. The van der Waals surface area contributed by atoms with Crippen LogP contribution in [0.3, 0.4) is 0 Å². The number of morpholine rings is 1. The van der Waals surface area contributed by atoms with Gasteiger partial charge in [0.25, 0.3) is 0 Å². The van der Waals surface area contributed by atoms with Crippen molar-refractivity contribution in [3.63, 3.8) is 0 Å². The highest BCUT2D eigenvalue weighted by atomic mass is 35.5. The Kier molecular flexibility index (Phi) is 10.2. The summed E-state index contributed by atoms with van der Waals surface area (Å²) < 4.78 is 5.84. The van der Waals surface area contributed by atoms with Crippen LogP contribution < -0.4 is 11.1 Å². The standard InChI is InChI=1S/C23H31Cl2N3O3S/c24-20-7-3-17(11-21(20)25)13-28-9-10-31-18(14-28)12-27-23(30)15-32-19-5-1-16(2-6-19)4-8-22(26)29/h1,5-7,11,16-18H,2-4,8-10,12-15H2,(H2,26,29)(H,27,30)/t16?,17?,18-/m0/s1. The second-order valence-corrected chi connectivity index (χ2v) is 10.2. The Hall–Kier alpha value is -1.25. The van der Waals surface area contributed by atoms with Gasteiger partial charge in [0.1, 0.15) is 0 Å². The third kappa shape index (κ3) is 8.60. The Labute approximate surface area is 204 Å². The fraction of sp³-hybridized carbons (Fsp3) is 0.565. The molecule has 1 heterocycles. The zero-order valence-corrected chi connectivity index (χ0v) is 20.4. The molecule has 0 aromatic rings. The molecular weight excluding hydrogens is 469 g/mol. The predicted octanol–water partition coefficient (Wildman–Crippen LogP) is 3.53. The van der Waals surface area contributed by atoms with Crippen molar-refractivity contribution in [2.24, 2.45) is 17.6 Å². The lowest BCUT2D eigenvalue weighted by Crippen LogP contribution is -2.48. The van der Waals surface area contributed by atoms with Gasteiger partial charge in [-0.2, -0.15) is 0 Å². The molecule has 1 aliphatic heterocycles. The third-order valence-corrected chi connectivity index (χ3v) is 7.57. The van der Waals surface area contributed by atoms with Crippen LogP contribution in [-0.4, -0.2) is 61.4 Å². The van der Waals surface area contributed by atoms with Crippen LogP contribution in [0.2, 0.25) is 0 Å². The van der Waals surface area contributed by atoms with E-state index in [9.17, 15) is 9.59 Å². The summed E-state index contributed by atoms with van der Waals surface area (Å²) in [5.74, 6) is 0.809. The van der Waals surface area contributed by atoms with Gasteiger partial charge in [-0.3, -0.25) is 14.5 Å². The van der Waals surface area contributed by atoms with E-state index in [2.05, 4.69) is 22.4 Å². The van der Waals surface area contributed by atoms with Crippen molar-refractivity contribution in [1.29, 1.82) is 0 Å². The summed E-state index contributed by atoms with van der Waals surface area (Å²) >= 11 is 13.7. The molecule has 176 valence electrons. The normalized spacial score (nSPS) is 26.2. The first-order valence-electron chi connectivity index (χ1n) is 11.0. The Bertz CT molecular complexity index is 812. The van der Waals surface area contributed by atoms with Crippen molar-refractivity contribution < 1.29 is 14.3 Å². The lowest BCUT2D eigenvalue weighted by molar-refractivity contribution is -0.120. The van der Waals surface area contributed by atoms with Gasteiger partial charge in [-0.05, 0) is 31.1 Å². The highest BCUT2D eigenvalue weighted by Gasteiger charge is 2.24. The van der Waals surface area contributed by atoms with Gasteiger partial charge in [-0.25, -0.2) is 0 Å². The number of nitrogens with zero attached hydrogens (tertiary/aromatic N) is 1. The maximum absolute atomic E-state index is 12.3. The summed E-state index contributed by atoms with van der Waals surface area (Å²) in [6.07, 6.45) is 13.2. The number of hydrogen-bond donors (Lipinski definition) is 2. The summed E-state index contributed by atoms with van der Waals surface area (Å²) in [6, 6.07) is 0. The molecule has 2 amide bonds. The lowest BCUT2D eigenvalue weighted by atomic mass is 9.95. The van der Waals surface area contributed by atoms with Crippen LogP contribution in [0.5, 0.6) is 0 Å². The van der Waals surface area contributed by atoms with Crippen LogP contribution in [0.15, 0.2) is 45.3 Å². The first-order chi connectivity index (χ1) is 15.4. The van der Waals surface area contributed by atoms with E-state index in [-0.39, 0.29) is 17.9 Å². The largest absolute Gasteiger partial charge is 0.374 e. The van der Waals surface area contributed by atoms with Gasteiger partial charge in [0.15, 0.2) is 0 Å². The number of thioether (sulfide) groups is 1. The Morgan fingerprint density at radius 1 is 1.22 bits per heavy atom. The van der Waals surface area contributed by atoms with Gasteiger partial charge >= 0.3 is 0 Å². The minimum absolute atomic E-state index is 0.00245. The van der Waals surface area contributed by atoms with Gasteiger partial charge in [0.2, 0.25) is 11.8 Å². The van der Waals surface area contributed by atoms with Crippen LogP contribution in [0.1, 0.15) is 25.7 Å². The van der Waals surface area contributed by atoms with Crippen LogP contribution >= 0.6 is 35.0 Å². The maximum Gasteiger partial charge on any atom is 0.230 e. The van der Waals surface area contributed by atoms with Gasteiger partial charge < -0.3 is 15.8 Å². The quantitative estimate of drug-likeness (QED) is 0.480. The second-order valence-electron chi connectivity index (χ2n) is 8.37. The lowest BCUT2D eigenvalue weighted by Gasteiger charge is -2.35. The topological polar surface area (TPSA) is 84.7 Å². The first kappa shape index (κ1) is 25.4. The van der Waals surface area contributed by atoms with Gasteiger partial charge in [-0.15, -0.1) is 11.8 Å². The summed E-state index contributed by atoms with van der Waals surface area (Å²) in [7, 11) is 0. The number of nitrogens with one attached hydrogen (secondary N) is 1. The number of halogens is 2. The zero-order valence-electron chi connectivity index (χ0n) is 18.1. The van der Waals surface area contributed by atoms with Gasteiger partial charge in [-0.1, -0.05) is 53.6 Å². The molecule has 0 bridgehead atoms. The molecule has 0 aromatic heterocycles. The molecule has 3 aliphatic rings. The molecule has 1 saturated heterocycles. The molecule has 0 aromatic carbocycles. The Morgan fingerprint density at radius 2 is 2.03 bits per heavy atom. The van der Waals surface area contributed by atoms with Crippen LogP contribution in [0.25, 0.3) is 0 Å². The summed E-state index contributed by atoms with van der Waals surface area (Å²) in [5.41, 5.74) is 5.21. The van der Waals surface area contributed by atoms with E-state index in [4.69, 9.17) is 33.7 Å². The molecule has 3 atom stereocenters. The minimum atomic E-state index is -0.262. The number of nitrogens with two attached hydrogens (primary N) is 1. The van der Waals surface area contributed by atoms with Crippen LogP contribution in [-0.2, 0) is 14.3 Å². The number of allylic oxidation sites excluding steroid dienone is 6. The van der Waals surface area contributed by atoms with E-state index >= 15 is 0 Å². The van der Waals surface area contributed by atoms with E-state index in [0.29, 0.717) is 47.2 Å².